The van der Waals surface area contributed by atoms with E-state index in [-0.39, 0.29) is 82.4 Å². The summed E-state index contributed by atoms with van der Waals surface area (Å²) >= 11 is 0. The van der Waals surface area contributed by atoms with Crippen molar-refractivity contribution >= 4 is 35.4 Å². The molecule has 3 rings (SSSR count). The van der Waals surface area contributed by atoms with Crippen molar-refractivity contribution in [2.45, 2.75) is 152 Å². The van der Waals surface area contributed by atoms with Crippen molar-refractivity contribution in [3.63, 3.8) is 0 Å². The molecule has 18 nitrogen and oxygen atoms in total. The highest BCUT2D eigenvalue weighted by molar-refractivity contribution is 6.13. The van der Waals surface area contributed by atoms with Gasteiger partial charge in [-0.2, -0.15) is 0 Å². The molecule has 2 unspecified atom stereocenters. The van der Waals surface area contributed by atoms with Crippen molar-refractivity contribution in [3.8, 4) is 0 Å². The zero-order valence-electron chi connectivity index (χ0n) is 34.2. The first-order valence-corrected chi connectivity index (χ1v) is 21.2. The quantitative estimate of drug-likeness (QED) is 0.0297. The Labute approximate surface area is 342 Å². The van der Waals surface area contributed by atoms with E-state index in [0.717, 1.165) is 43.4 Å². The van der Waals surface area contributed by atoms with Gasteiger partial charge in [0, 0.05) is 83.5 Å². The van der Waals surface area contributed by atoms with Gasteiger partial charge in [-0.05, 0) is 44.9 Å². The number of aliphatic hydroxyl groups excluding tert-OH is 2. The Bertz CT molecular complexity index is 1310. The van der Waals surface area contributed by atoms with Crippen LogP contribution < -0.4 is 27.0 Å². The van der Waals surface area contributed by atoms with Crippen LogP contribution in [-0.4, -0.2) is 140 Å². The summed E-state index contributed by atoms with van der Waals surface area (Å²) in [5.74, 6) is -2.41. The second-order valence-corrected chi connectivity index (χ2v) is 15.2. The van der Waals surface area contributed by atoms with Crippen LogP contribution in [0.1, 0.15) is 116 Å². The Balaban J connectivity index is 1.22. The molecule has 2 heterocycles. The molecule has 1 saturated carbocycles. The van der Waals surface area contributed by atoms with Gasteiger partial charge in [-0.25, -0.2) is 0 Å². The lowest BCUT2D eigenvalue weighted by atomic mass is 10.0. The summed E-state index contributed by atoms with van der Waals surface area (Å²) in [7, 11) is 0. The van der Waals surface area contributed by atoms with E-state index in [1.807, 2.05) is 0 Å². The molecule has 0 spiro atoms. The standard InChI is InChI=1S/C40H68N6O12/c1-2-3-5-12-30(45-34(51)14-7-11-24-55-39-37(41)31(48)27-29(28-47)58-39)38(54)44-20-10-4-6-13-32(49)42-21-25-56-40(18-8-9-19-40)57-26-22-43-33(50)17-23-46-35(52)15-16-36(46)53/h15-16,29-31,37,39,47-48H,2-14,17-28,41H2,1H3,(H,42,49)(H,43,50)(H,44,54)(H,45,51)/t29?,30-,31-,37-,39?/m0/s1. The normalized spacial score (nSPS) is 21.9. The van der Waals surface area contributed by atoms with Gasteiger partial charge in [0.15, 0.2) is 12.1 Å². The van der Waals surface area contributed by atoms with Crippen molar-refractivity contribution in [2.24, 2.45) is 5.73 Å². The number of amides is 6. The van der Waals surface area contributed by atoms with Gasteiger partial charge >= 0.3 is 0 Å². The van der Waals surface area contributed by atoms with Crippen LogP contribution in [0, 0.1) is 0 Å². The summed E-state index contributed by atoms with van der Waals surface area (Å²) in [6.07, 6.45) is 10.8. The highest BCUT2D eigenvalue weighted by atomic mass is 16.7. The number of carbonyl (C=O) groups excluding carboxylic acids is 6. The summed E-state index contributed by atoms with van der Waals surface area (Å²) in [4.78, 5) is 74.6. The molecule has 58 heavy (non-hydrogen) atoms. The maximum Gasteiger partial charge on any atom is 0.253 e. The summed E-state index contributed by atoms with van der Waals surface area (Å²) in [5, 5.41) is 30.8. The van der Waals surface area contributed by atoms with Crippen LogP contribution in [0.3, 0.4) is 0 Å². The number of ether oxygens (including phenoxy) is 4. The highest BCUT2D eigenvalue weighted by Gasteiger charge is 2.37. The molecular formula is C40H68N6O12. The first-order chi connectivity index (χ1) is 28.0. The number of nitrogens with two attached hydrogens (primary N) is 1. The number of nitrogens with zero attached hydrogens (tertiary/aromatic N) is 1. The lowest BCUT2D eigenvalue weighted by molar-refractivity contribution is -0.231. The minimum absolute atomic E-state index is 0.00917. The van der Waals surface area contributed by atoms with E-state index >= 15 is 0 Å². The molecule has 0 radical (unpaired) electrons. The van der Waals surface area contributed by atoms with E-state index < -0.39 is 48.2 Å². The molecule has 330 valence electrons. The van der Waals surface area contributed by atoms with Gasteiger partial charge in [-0.15, -0.1) is 0 Å². The highest BCUT2D eigenvalue weighted by Crippen LogP contribution is 2.34. The van der Waals surface area contributed by atoms with Crippen molar-refractivity contribution in [1.29, 1.82) is 0 Å². The molecule has 3 aliphatic rings. The topological polar surface area (TPSA) is 257 Å². The predicted octanol–water partition coefficient (Wildman–Crippen LogP) is 0.562. The zero-order valence-corrected chi connectivity index (χ0v) is 34.2. The van der Waals surface area contributed by atoms with Gasteiger partial charge in [0.1, 0.15) is 6.04 Å². The van der Waals surface area contributed by atoms with Gasteiger partial charge < -0.3 is 56.2 Å². The van der Waals surface area contributed by atoms with Crippen LogP contribution in [0.2, 0.25) is 0 Å². The lowest BCUT2D eigenvalue weighted by Crippen LogP contribution is -2.55. The van der Waals surface area contributed by atoms with Crippen molar-refractivity contribution in [3.05, 3.63) is 12.2 Å². The van der Waals surface area contributed by atoms with Crippen LogP contribution in [0.5, 0.6) is 0 Å². The fraction of sp³-hybridized carbons (Fsp3) is 0.800. The molecule has 1 saturated heterocycles. The first-order valence-electron chi connectivity index (χ1n) is 21.2. The third-order valence-corrected chi connectivity index (χ3v) is 10.4. The molecule has 2 aliphatic heterocycles. The summed E-state index contributed by atoms with van der Waals surface area (Å²) < 4.78 is 23.3. The molecule has 8 N–H and O–H groups in total. The fourth-order valence-corrected chi connectivity index (χ4v) is 7.00. The minimum Gasteiger partial charge on any atom is -0.394 e. The molecule has 0 bridgehead atoms. The van der Waals surface area contributed by atoms with Crippen LogP contribution >= 0.6 is 0 Å². The number of carbonyl (C=O) groups is 6. The monoisotopic (exact) mass is 824 g/mol. The second-order valence-electron chi connectivity index (χ2n) is 15.2. The van der Waals surface area contributed by atoms with Crippen molar-refractivity contribution in [1.82, 2.24) is 26.2 Å². The molecular weight excluding hydrogens is 756 g/mol. The van der Waals surface area contributed by atoms with E-state index in [4.69, 9.17) is 24.7 Å². The number of imide groups is 1. The summed E-state index contributed by atoms with van der Waals surface area (Å²) in [5.41, 5.74) is 5.96. The van der Waals surface area contributed by atoms with E-state index in [1.165, 1.54) is 12.2 Å². The van der Waals surface area contributed by atoms with Crippen LogP contribution in [-0.2, 0) is 47.7 Å². The van der Waals surface area contributed by atoms with Gasteiger partial charge in [-0.3, -0.25) is 33.7 Å². The SMILES string of the molecule is CCCCC[C@H](NC(=O)CCCCOC1OC(CO)C[C@H](O)[C@@H]1N)C(=O)NCCCCCC(=O)NCCOC1(OCCNC(=O)CCN2C(=O)C=CC2=O)CCCC1. The van der Waals surface area contributed by atoms with Crippen molar-refractivity contribution < 1.29 is 57.9 Å². The average molecular weight is 825 g/mol. The third kappa shape index (κ3) is 18.2. The van der Waals surface area contributed by atoms with Crippen LogP contribution in [0.15, 0.2) is 12.2 Å². The molecule has 18 heteroatoms. The number of hydrogen-bond donors (Lipinski definition) is 7. The van der Waals surface area contributed by atoms with Crippen molar-refractivity contribution in [2.75, 3.05) is 52.6 Å². The van der Waals surface area contributed by atoms with Crippen LogP contribution in [0.4, 0.5) is 0 Å². The Morgan fingerprint density at radius 1 is 0.845 bits per heavy atom. The molecule has 0 aromatic carbocycles. The van der Waals surface area contributed by atoms with E-state index in [0.29, 0.717) is 64.5 Å². The third-order valence-electron chi connectivity index (χ3n) is 10.4. The Morgan fingerprint density at radius 2 is 1.48 bits per heavy atom. The molecule has 6 amide bonds. The molecule has 0 aromatic heterocycles. The molecule has 1 aliphatic carbocycles. The molecule has 0 aromatic rings. The van der Waals surface area contributed by atoms with Gasteiger partial charge in [0.2, 0.25) is 23.6 Å². The number of nitrogens with one attached hydrogen (secondary N) is 4. The molecule has 2 fully saturated rings. The second kappa shape index (κ2) is 27.3. The summed E-state index contributed by atoms with van der Waals surface area (Å²) in [6, 6.07) is -1.34. The first kappa shape index (κ1) is 48.8. The number of aliphatic hydroxyl groups is 2. The Kier molecular flexibility index (Phi) is 23.0. The van der Waals surface area contributed by atoms with E-state index in [1.54, 1.807) is 0 Å². The van der Waals surface area contributed by atoms with E-state index in [2.05, 4.69) is 28.2 Å². The van der Waals surface area contributed by atoms with Gasteiger partial charge in [-0.1, -0.05) is 32.6 Å². The lowest BCUT2D eigenvalue weighted by Gasteiger charge is -2.36. The number of rotatable bonds is 30. The maximum atomic E-state index is 13.0. The minimum atomic E-state index is -0.830. The molecule has 5 atom stereocenters. The average Bonchev–Trinajstić information content (AvgIpc) is 3.81. The fourth-order valence-electron chi connectivity index (χ4n) is 7.00. The number of unbranched alkanes of at least 4 members (excludes halogenated alkanes) is 5. The smallest absolute Gasteiger partial charge is 0.253 e. The Hall–Kier alpha value is -3.52. The van der Waals surface area contributed by atoms with Gasteiger partial charge in [0.05, 0.1) is 38.1 Å². The maximum absolute atomic E-state index is 13.0. The largest absolute Gasteiger partial charge is 0.394 e. The number of hydrogen-bond acceptors (Lipinski definition) is 13. The predicted molar refractivity (Wildman–Crippen MR) is 211 cm³/mol. The Morgan fingerprint density at radius 3 is 2.14 bits per heavy atom. The summed E-state index contributed by atoms with van der Waals surface area (Å²) in [6.45, 7) is 3.68. The van der Waals surface area contributed by atoms with Gasteiger partial charge in [0.25, 0.3) is 11.8 Å². The van der Waals surface area contributed by atoms with Crippen LogP contribution in [0.25, 0.3) is 0 Å². The zero-order chi connectivity index (χ0) is 42.2. The van der Waals surface area contributed by atoms with E-state index in [9.17, 15) is 39.0 Å².